The Balaban J connectivity index is 2.67. The van der Waals surface area contributed by atoms with E-state index >= 15 is 0 Å². The van der Waals surface area contributed by atoms with Crippen LogP contribution in [-0.2, 0) is 24.4 Å². The highest BCUT2D eigenvalue weighted by atomic mass is 32.2. The molecule has 0 aliphatic carbocycles. The van der Waals surface area contributed by atoms with Gasteiger partial charge in [-0.25, -0.2) is 0 Å². The zero-order chi connectivity index (χ0) is 9.35. The molecule has 7 heteroatoms. The summed E-state index contributed by atoms with van der Waals surface area (Å²) in [4.78, 5) is 21.1. The van der Waals surface area contributed by atoms with Gasteiger partial charge in [0.05, 0.1) is 18.1 Å². The summed E-state index contributed by atoms with van der Waals surface area (Å²) in [7, 11) is -4.22. The van der Waals surface area contributed by atoms with Crippen LogP contribution < -0.4 is 0 Å². The molecule has 1 aliphatic heterocycles. The van der Waals surface area contributed by atoms with E-state index in [4.69, 9.17) is 4.55 Å². The average molecular weight is 194 g/mol. The van der Waals surface area contributed by atoms with Gasteiger partial charge in [0.15, 0.2) is 0 Å². The summed E-state index contributed by atoms with van der Waals surface area (Å²) in [5, 5.41) is 0. The van der Waals surface area contributed by atoms with Crippen LogP contribution in [0.25, 0.3) is 0 Å². The molecule has 0 aromatic heterocycles. The molecule has 1 fully saturated rings. The first-order valence-electron chi connectivity index (χ1n) is 3.08. The maximum absolute atomic E-state index is 10.6. The molecule has 1 aliphatic rings. The maximum atomic E-state index is 10.6. The van der Waals surface area contributed by atoms with Gasteiger partial charge in [0.25, 0.3) is 10.1 Å². The highest BCUT2D eigenvalue weighted by Crippen LogP contribution is 2.16. The molecule has 1 rings (SSSR count). The smallest absolute Gasteiger partial charge is 0.318 e. The molecule has 0 spiro atoms. The average Bonchev–Trinajstić information content (AvgIpc) is 2.06. The van der Waals surface area contributed by atoms with Crippen molar-refractivity contribution in [2.75, 3.05) is 5.75 Å². The van der Waals surface area contributed by atoms with E-state index in [2.05, 4.69) is 4.74 Å². The number of rotatable bonds is 2. The standard InChI is InChI=1S/C5H6O6S/c6-4-1-3(5(7)11-4)2-12(8,9)10/h3H,1-2H2,(H,8,9,10). The van der Waals surface area contributed by atoms with Gasteiger partial charge in [-0.15, -0.1) is 0 Å². The number of carbonyl (C=O) groups excluding carboxylic acids is 2. The Morgan fingerprint density at radius 2 is 2.08 bits per heavy atom. The summed E-state index contributed by atoms with van der Waals surface area (Å²) in [5.74, 6) is -3.45. The molecule has 1 heterocycles. The highest BCUT2D eigenvalue weighted by Gasteiger charge is 2.36. The van der Waals surface area contributed by atoms with Crippen LogP contribution in [0.15, 0.2) is 0 Å². The Bertz CT molecular complexity index is 315. The number of carbonyl (C=O) groups is 2. The Hall–Kier alpha value is -0.950. The van der Waals surface area contributed by atoms with Crippen molar-refractivity contribution in [3.8, 4) is 0 Å². The Kier molecular flexibility index (Phi) is 2.16. The second-order valence-corrected chi connectivity index (χ2v) is 3.94. The predicted octanol–water partition coefficient (Wildman–Crippen LogP) is -1.04. The number of cyclic esters (lactones) is 2. The molecule has 1 unspecified atom stereocenters. The van der Waals surface area contributed by atoms with Gasteiger partial charge in [-0.1, -0.05) is 0 Å². The first-order chi connectivity index (χ1) is 5.38. The lowest BCUT2D eigenvalue weighted by Gasteiger charge is -1.98. The Morgan fingerprint density at radius 3 is 2.42 bits per heavy atom. The van der Waals surface area contributed by atoms with Crippen molar-refractivity contribution in [1.82, 2.24) is 0 Å². The van der Waals surface area contributed by atoms with E-state index in [1.54, 1.807) is 0 Å². The third-order valence-electron chi connectivity index (χ3n) is 1.37. The van der Waals surface area contributed by atoms with Crippen molar-refractivity contribution >= 4 is 22.1 Å². The lowest BCUT2D eigenvalue weighted by Crippen LogP contribution is -2.19. The minimum Gasteiger partial charge on any atom is -0.393 e. The summed E-state index contributed by atoms with van der Waals surface area (Å²) in [5.41, 5.74) is 0. The fourth-order valence-corrected chi connectivity index (χ4v) is 1.67. The zero-order valence-electron chi connectivity index (χ0n) is 5.89. The lowest BCUT2D eigenvalue weighted by molar-refractivity contribution is -0.152. The monoisotopic (exact) mass is 194 g/mol. The fraction of sp³-hybridized carbons (Fsp3) is 0.600. The largest absolute Gasteiger partial charge is 0.393 e. The normalized spacial score (nSPS) is 24.2. The number of hydrogen-bond donors (Lipinski definition) is 1. The second kappa shape index (κ2) is 2.83. The minimum atomic E-state index is -4.22. The fourth-order valence-electron chi connectivity index (χ4n) is 0.903. The van der Waals surface area contributed by atoms with E-state index in [-0.39, 0.29) is 6.42 Å². The summed E-state index contributed by atoms with van der Waals surface area (Å²) in [6.07, 6.45) is -0.279. The van der Waals surface area contributed by atoms with E-state index in [1.807, 2.05) is 0 Å². The van der Waals surface area contributed by atoms with Crippen LogP contribution in [0.4, 0.5) is 0 Å². The van der Waals surface area contributed by atoms with E-state index in [1.165, 1.54) is 0 Å². The molecule has 0 aromatic carbocycles. The molecule has 68 valence electrons. The molecular formula is C5H6O6S. The van der Waals surface area contributed by atoms with Gasteiger partial charge < -0.3 is 4.74 Å². The van der Waals surface area contributed by atoms with E-state index in [9.17, 15) is 18.0 Å². The molecule has 6 nitrogen and oxygen atoms in total. The highest BCUT2D eigenvalue weighted by molar-refractivity contribution is 7.85. The molecule has 1 N–H and O–H groups in total. The van der Waals surface area contributed by atoms with Crippen molar-refractivity contribution < 1.29 is 27.3 Å². The van der Waals surface area contributed by atoms with Gasteiger partial charge in [-0.05, 0) is 0 Å². The topological polar surface area (TPSA) is 97.7 Å². The Labute approximate surface area is 68.3 Å². The summed E-state index contributed by atoms with van der Waals surface area (Å²) < 4.78 is 33.0. The minimum absolute atomic E-state index is 0.279. The van der Waals surface area contributed by atoms with Crippen LogP contribution in [-0.4, -0.2) is 30.7 Å². The van der Waals surface area contributed by atoms with Gasteiger partial charge >= 0.3 is 11.9 Å². The number of esters is 2. The van der Waals surface area contributed by atoms with Gasteiger partial charge in [0.1, 0.15) is 0 Å². The van der Waals surface area contributed by atoms with Crippen LogP contribution in [0.5, 0.6) is 0 Å². The van der Waals surface area contributed by atoms with Crippen molar-refractivity contribution in [3.63, 3.8) is 0 Å². The lowest BCUT2D eigenvalue weighted by atomic mass is 10.1. The first-order valence-corrected chi connectivity index (χ1v) is 4.69. The molecule has 12 heavy (non-hydrogen) atoms. The maximum Gasteiger partial charge on any atom is 0.318 e. The summed E-state index contributed by atoms with van der Waals surface area (Å²) in [6, 6.07) is 0. The molecular weight excluding hydrogens is 188 g/mol. The molecule has 0 bridgehead atoms. The van der Waals surface area contributed by atoms with Gasteiger partial charge in [-0.2, -0.15) is 8.42 Å². The quantitative estimate of drug-likeness (QED) is 0.342. The van der Waals surface area contributed by atoms with Gasteiger partial charge in [-0.3, -0.25) is 14.1 Å². The van der Waals surface area contributed by atoms with E-state index in [0.29, 0.717) is 0 Å². The second-order valence-electron chi connectivity index (χ2n) is 2.44. The van der Waals surface area contributed by atoms with Gasteiger partial charge in [0, 0.05) is 0 Å². The van der Waals surface area contributed by atoms with Crippen LogP contribution >= 0.6 is 0 Å². The van der Waals surface area contributed by atoms with Crippen molar-refractivity contribution in [2.24, 2.45) is 5.92 Å². The van der Waals surface area contributed by atoms with Crippen LogP contribution in [0.1, 0.15) is 6.42 Å². The zero-order valence-corrected chi connectivity index (χ0v) is 6.70. The SMILES string of the molecule is O=C1CC(CS(=O)(=O)O)C(=O)O1. The van der Waals surface area contributed by atoms with E-state index in [0.717, 1.165) is 0 Å². The molecule has 0 saturated carbocycles. The van der Waals surface area contributed by atoms with Crippen LogP contribution in [0, 0.1) is 5.92 Å². The third kappa shape index (κ3) is 2.28. The molecule has 0 amide bonds. The first kappa shape index (κ1) is 9.14. The van der Waals surface area contributed by atoms with Crippen molar-refractivity contribution in [2.45, 2.75) is 6.42 Å². The molecule has 0 radical (unpaired) electrons. The Morgan fingerprint density at radius 1 is 1.50 bits per heavy atom. The van der Waals surface area contributed by atoms with E-state index < -0.39 is 33.7 Å². The van der Waals surface area contributed by atoms with Crippen molar-refractivity contribution in [3.05, 3.63) is 0 Å². The van der Waals surface area contributed by atoms with Crippen LogP contribution in [0.3, 0.4) is 0 Å². The van der Waals surface area contributed by atoms with Gasteiger partial charge in [0.2, 0.25) is 0 Å². The third-order valence-corrected chi connectivity index (χ3v) is 2.20. The molecule has 1 saturated heterocycles. The molecule has 1 atom stereocenters. The van der Waals surface area contributed by atoms with Crippen molar-refractivity contribution in [1.29, 1.82) is 0 Å². The molecule has 0 aromatic rings. The van der Waals surface area contributed by atoms with Crippen LogP contribution in [0.2, 0.25) is 0 Å². The predicted molar refractivity (Wildman–Crippen MR) is 35.6 cm³/mol. The number of ether oxygens (including phenoxy) is 1. The number of hydrogen-bond acceptors (Lipinski definition) is 5. The summed E-state index contributed by atoms with van der Waals surface area (Å²) in [6.45, 7) is 0. The summed E-state index contributed by atoms with van der Waals surface area (Å²) >= 11 is 0.